The molecular formula is C11H8ClFO3. The van der Waals surface area contributed by atoms with Crippen molar-refractivity contribution in [2.75, 3.05) is 6.61 Å². The fraction of sp³-hybridized carbons (Fsp3) is 0.364. The SMILES string of the molecule is O=C(O)C1C2COc3c(Cl)ccc(F)c3C21. The lowest BCUT2D eigenvalue weighted by Gasteiger charge is -2.17. The van der Waals surface area contributed by atoms with Gasteiger partial charge >= 0.3 is 5.97 Å². The lowest BCUT2D eigenvalue weighted by molar-refractivity contribution is -0.139. The highest BCUT2D eigenvalue weighted by Gasteiger charge is 2.60. The maximum atomic E-state index is 13.6. The first kappa shape index (κ1) is 9.90. The molecule has 1 aliphatic carbocycles. The van der Waals surface area contributed by atoms with Crippen LogP contribution in [-0.2, 0) is 4.79 Å². The minimum atomic E-state index is -0.897. The molecule has 0 spiro atoms. The summed E-state index contributed by atoms with van der Waals surface area (Å²) in [6, 6.07) is 2.68. The van der Waals surface area contributed by atoms with Gasteiger partial charge in [0.05, 0.1) is 17.5 Å². The minimum Gasteiger partial charge on any atom is -0.491 e. The van der Waals surface area contributed by atoms with Crippen LogP contribution in [0.1, 0.15) is 11.5 Å². The quantitative estimate of drug-likeness (QED) is 0.822. The summed E-state index contributed by atoms with van der Waals surface area (Å²) in [6.07, 6.45) is 0. The van der Waals surface area contributed by atoms with Gasteiger partial charge in [0.2, 0.25) is 0 Å². The predicted octanol–water partition coefficient (Wildman–Crippen LogP) is 2.29. The Kier molecular flexibility index (Phi) is 1.92. The van der Waals surface area contributed by atoms with Crippen LogP contribution in [-0.4, -0.2) is 17.7 Å². The number of hydrogen-bond donors (Lipinski definition) is 1. The molecule has 1 fully saturated rings. The third-order valence-corrected chi connectivity index (χ3v) is 3.60. The molecule has 1 aliphatic heterocycles. The fourth-order valence-corrected chi connectivity index (χ4v) is 2.72. The molecule has 0 bridgehead atoms. The van der Waals surface area contributed by atoms with Crippen LogP contribution in [0.3, 0.4) is 0 Å². The first-order chi connectivity index (χ1) is 7.61. The normalized spacial score (nSPS) is 30.0. The van der Waals surface area contributed by atoms with Gasteiger partial charge in [0.15, 0.2) is 0 Å². The second-order valence-corrected chi connectivity index (χ2v) is 4.54. The number of hydrogen-bond acceptors (Lipinski definition) is 2. The standard InChI is InChI=1S/C11H8ClFO3/c12-5-1-2-6(13)9-7-4(3-16-10(5)9)8(7)11(14)15/h1-2,4,7-8H,3H2,(H,14,15). The van der Waals surface area contributed by atoms with Crippen molar-refractivity contribution in [3.8, 4) is 5.75 Å². The lowest BCUT2D eigenvalue weighted by Crippen LogP contribution is -2.10. The molecule has 1 aromatic rings. The van der Waals surface area contributed by atoms with E-state index in [2.05, 4.69) is 0 Å². The molecule has 0 aromatic heterocycles. The Balaban J connectivity index is 2.10. The van der Waals surface area contributed by atoms with E-state index in [1.165, 1.54) is 12.1 Å². The molecule has 0 amide bonds. The summed E-state index contributed by atoms with van der Waals surface area (Å²) in [5, 5.41) is 9.30. The highest BCUT2D eigenvalue weighted by Crippen LogP contribution is 2.60. The van der Waals surface area contributed by atoms with Crippen LogP contribution in [0, 0.1) is 17.7 Å². The molecule has 5 heteroatoms. The molecule has 2 aliphatic rings. The summed E-state index contributed by atoms with van der Waals surface area (Å²) < 4.78 is 19.0. The smallest absolute Gasteiger partial charge is 0.307 e. The number of carbonyl (C=O) groups is 1. The highest BCUT2D eigenvalue weighted by molar-refractivity contribution is 6.32. The van der Waals surface area contributed by atoms with Crippen LogP contribution in [0.15, 0.2) is 12.1 Å². The lowest BCUT2D eigenvalue weighted by atomic mass is 10.0. The monoisotopic (exact) mass is 242 g/mol. The van der Waals surface area contributed by atoms with E-state index in [0.717, 1.165) is 0 Å². The molecule has 16 heavy (non-hydrogen) atoms. The van der Waals surface area contributed by atoms with Crippen LogP contribution in [0.5, 0.6) is 5.75 Å². The number of fused-ring (bicyclic) bond motifs is 3. The predicted molar refractivity (Wildman–Crippen MR) is 54.3 cm³/mol. The number of carboxylic acids is 1. The third-order valence-electron chi connectivity index (χ3n) is 3.30. The zero-order chi connectivity index (χ0) is 11.4. The fourth-order valence-electron chi connectivity index (χ4n) is 2.50. The van der Waals surface area contributed by atoms with Crippen molar-refractivity contribution in [1.29, 1.82) is 0 Å². The summed E-state index contributed by atoms with van der Waals surface area (Å²) in [7, 11) is 0. The summed E-state index contributed by atoms with van der Waals surface area (Å²) >= 11 is 5.89. The van der Waals surface area contributed by atoms with E-state index in [1.807, 2.05) is 0 Å². The van der Waals surface area contributed by atoms with Crippen molar-refractivity contribution in [2.24, 2.45) is 11.8 Å². The van der Waals surface area contributed by atoms with Gasteiger partial charge in [0, 0.05) is 17.4 Å². The molecule has 0 saturated heterocycles. The maximum Gasteiger partial charge on any atom is 0.307 e. The van der Waals surface area contributed by atoms with Gasteiger partial charge in [-0.1, -0.05) is 11.6 Å². The average Bonchev–Trinajstić information content (AvgIpc) is 2.97. The summed E-state index contributed by atoms with van der Waals surface area (Å²) in [6.45, 7) is 0.303. The first-order valence-electron chi connectivity index (χ1n) is 4.94. The number of aliphatic carboxylic acids is 1. The Morgan fingerprint density at radius 3 is 3.00 bits per heavy atom. The molecular weight excluding hydrogens is 235 g/mol. The minimum absolute atomic E-state index is 0.113. The van der Waals surface area contributed by atoms with Gasteiger partial charge in [-0.3, -0.25) is 4.79 Å². The zero-order valence-electron chi connectivity index (χ0n) is 8.11. The number of rotatable bonds is 1. The van der Waals surface area contributed by atoms with Crippen LogP contribution >= 0.6 is 11.6 Å². The van der Waals surface area contributed by atoms with Crippen LogP contribution in [0.25, 0.3) is 0 Å². The maximum absolute atomic E-state index is 13.6. The zero-order valence-corrected chi connectivity index (χ0v) is 8.87. The molecule has 1 aromatic carbocycles. The molecule has 3 rings (SSSR count). The summed E-state index contributed by atoms with van der Waals surface area (Å²) in [4.78, 5) is 10.9. The van der Waals surface area contributed by atoms with E-state index in [9.17, 15) is 9.18 Å². The second-order valence-electron chi connectivity index (χ2n) is 4.14. The van der Waals surface area contributed by atoms with Crippen LogP contribution in [0.4, 0.5) is 4.39 Å². The first-order valence-corrected chi connectivity index (χ1v) is 5.32. The largest absolute Gasteiger partial charge is 0.491 e. The van der Waals surface area contributed by atoms with Gasteiger partial charge in [0.25, 0.3) is 0 Å². The van der Waals surface area contributed by atoms with Gasteiger partial charge in [-0.2, -0.15) is 0 Å². The molecule has 3 atom stereocenters. The van der Waals surface area contributed by atoms with E-state index in [0.29, 0.717) is 22.9 Å². The van der Waals surface area contributed by atoms with Crippen molar-refractivity contribution in [3.63, 3.8) is 0 Å². The van der Waals surface area contributed by atoms with Gasteiger partial charge in [-0.05, 0) is 12.1 Å². The molecule has 1 saturated carbocycles. The number of benzene rings is 1. The van der Waals surface area contributed by atoms with E-state index in [-0.39, 0.29) is 11.8 Å². The molecule has 0 radical (unpaired) electrons. The Hall–Kier alpha value is -1.29. The van der Waals surface area contributed by atoms with Crippen molar-refractivity contribution < 1.29 is 19.0 Å². The average molecular weight is 243 g/mol. The second kappa shape index (κ2) is 3.10. The summed E-state index contributed by atoms with van der Waals surface area (Å²) in [5.41, 5.74) is 0.330. The highest BCUT2D eigenvalue weighted by atomic mass is 35.5. The Morgan fingerprint density at radius 2 is 2.31 bits per heavy atom. The Morgan fingerprint density at radius 1 is 1.56 bits per heavy atom. The Labute approximate surface area is 95.8 Å². The number of carboxylic acid groups (broad SMARTS) is 1. The van der Waals surface area contributed by atoms with Crippen molar-refractivity contribution >= 4 is 17.6 Å². The summed E-state index contributed by atoms with van der Waals surface area (Å²) in [5.74, 6) is -1.94. The van der Waals surface area contributed by atoms with E-state index in [1.54, 1.807) is 0 Å². The molecule has 1 heterocycles. The number of ether oxygens (including phenoxy) is 1. The van der Waals surface area contributed by atoms with Crippen LogP contribution in [0.2, 0.25) is 5.02 Å². The number of halogens is 2. The van der Waals surface area contributed by atoms with Gasteiger partial charge in [-0.25, -0.2) is 4.39 Å². The topological polar surface area (TPSA) is 46.5 Å². The van der Waals surface area contributed by atoms with Crippen LogP contribution < -0.4 is 4.74 Å². The van der Waals surface area contributed by atoms with Gasteiger partial charge in [0.1, 0.15) is 11.6 Å². The van der Waals surface area contributed by atoms with Crippen molar-refractivity contribution in [3.05, 3.63) is 28.5 Å². The van der Waals surface area contributed by atoms with Crippen molar-refractivity contribution in [1.82, 2.24) is 0 Å². The van der Waals surface area contributed by atoms with Gasteiger partial charge < -0.3 is 9.84 Å². The van der Waals surface area contributed by atoms with Gasteiger partial charge in [-0.15, -0.1) is 0 Å². The van der Waals surface area contributed by atoms with E-state index in [4.69, 9.17) is 21.4 Å². The third kappa shape index (κ3) is 1.16. The Bertz CT molecular complexity index is 488. The van der Waals surface area contributed by atoms with Crippen molar-refractivity contribution in [2.45, 2.75) is 5.92 Å². The molecule has 1 N–H and O–H groups in total. The molecule has 3 nitrogen and oxygen atoms in total. The molecule has 3 unspecified atom stereocenters. The molecule has 84 valence electrons. The van der Waals surface area contributed by atoms with E-state index >= 15 is 0 Å². The van der Waals surface area contributed by atoms with E-state index < -0.39 is 17.7 Å².